The third kappa shape index (κ3) is 6.43. The van der Waals surface area contributed by atoms with Crippen molar-refractivity contribution in [3.63, 3.8) is 0 Å². The molecule has 0 saturated carbocycles. The number of nitrogens with one attached hydrogen (secondary N) is 1. The van der Waals surface area contributed by atoms with E-state index in [4.69, 9.17) is 4.74 Å². The van der Waals surface area contributed by atoms with Gasteiger partial charge in [0.25, 0.3) is 0 Å². The van der Waals surface area contributed by atoms with Gasteiger partial charge in [0.15, 0.2) is 0 Å². The van der Waals surface area contributed by atoms with Crippen LogP contribution in [0.1, 0.15) is 18.9 Å². The lowest BCUT2D eigenvalue weighted by Gasteiger charge is -2.18. The highest BCUT2D eigenvalue weighted by molar-refractivity contribution is 5.73. The number of ether oxygens (including phenoxy) is 1. The molecule has 0 aromatic heterocycles. The molecule has 0 aliphatic rings. The summed E-state index contributed by atoms with van der Waals surface area (Å²) in [5.74, 6) is 0.884. The molecule has 1 atom stereocenters. The van der Waals surface area contributed by atoms with Crippen LogP contribution in [-0.4, -0.2) is 35.7 Å². The van der Waals surface area contributed by atoms with Gasteiger partial charge in [0.2, 0.25) is 0 Å². The molecule has 2 amide bonds. The third-order valence-electron chi connectivity index (χ3n) is 3.65. The molecule has 1 unspecified atom stereocenters. The van der Waals surface area contributed by atoms with Crippen LogP contribution in [0.4, 0.5) is 9.18 Å². The van der Waals surface area contributed by atoms with Crippen molar-refractivity contribution in [1.29, 1.82) is 0 Å². The Bertz CT molecular complexity index is 672. The van der Waals surface area contributed by atoms with E-state index in [9.17, 15) is 14.3 Å². The maximum absolute atomic E-state index is 12.9. The monoisotopic (exact) mass is 346 g/mol. The van der Waals surface area contributed by atoms with Crippen LogP contribution in [0.25, 0.3) is 0 Å². The molecule has 0 heterocycles. The summed E-state index contributed by atoms with van der Waals surface area (Å²) in [4.78, 5) is 13.5. The average Bonchev–Trinajstić information content (AvgIpc) is 2.60. The van der Waals surface area contributed by atoms with Gasteiger partial charge >= 0.3 is 6.03 Å². The fourth-order valence-electron chi connectivity index (χ4n) is 2.11. The van der Waals surface area contributed by atoms with E-state index in [1.807, 2.05) is 12.1 Å². The first-order valence-corrected chi connectivity index (χ1v) is 8.13. The van der Waals surface area contributed by atoms with Crippen molar-refractivity contribution in [1.82, 2.24) is 10.2 Å². The lowest BCUT2D eigenvalue weighted by molar-refractivity contribution is 0.163. The van der Waals surface area contributed by atoms with Crippen LogP contribution in [0.3, 0.4) is 0 Å². The number of carbonyl (C=O) groups is 1. The smallest absolute Gasteiger partial charge is 0.317 e. The van der Waals surface area contributed by atoms with E-state index in [-0.39, 0.29) is 11.8 Å². The number of nitrogens with zero attached hydrogens (tertiary/aromatic N) is 1. The Morgan fingerprint density at radius 1 is 1.16 bits per heavy atom. The van der Waals surface area contributed by atoms with Crippen molar-refractivity contribution in [2.24, 2.45) is 0 Å². The van der Waals surface area contributed by atoms with Crippen LogP contribution in [0, 0.1) is 5.82 Å². The second-order valence-electron chi connectivity index (χ2n) is 5.92. The lowest BCUT2D eigenvalue weighted by Crippen LogP contribution is -2.38. The highest BCUT2D eigenvalue weighted by Gasteiger charge is 2.09. The molecule has 134 valence electrons. The maximum Gasteiger partial charge on any atom is 0.317 e. The van der Waals surface area contributed by atoms with Gasteiger partial charge in [0, 0.05) is 20.1 Å². The number of benzene rings is 2. The molecular formula is C19H23FN2O3. The Morgan fingerprint density at radius 2 is 1.72 bits per heavy atom. The Labute approximate surface area is 147 Å². The molecule has 2 rings (SSSR count). The Morgan fingerprint density at radius 3 is 2.28 bits per heavy atom. The van der Waals surface area contributed by atoms with Crippen molar-refractivity contribution in [2.75, 3.05) is 13.6 Å². The first kappa shape index (κ1) is 18.7. The van der Waals surface area contributed by atoms with Crippen LogP contribution in [-0.2, 0) is 6.54 Å². The summed E-state index contributed by atoms with van der Waals surface area (Å²) in [6.45, 7) is 2.59. The van der Waals surface area contributed by atoms with Gasteiger partial charge in [0.1, 0.15) is 17.3 Å². The van der Waals surface area contributed by atoms with Gasteiger partial charge in [-0.2, -0.15) is 0 Å². The van der Waals surface area contributed by atoms with E-state index in [0.717, 1.165) is 5.56 Å². The van der Waals surface area contributed by atoms with Crippen molar-refractivity contribution >= 4 is 6.03 Å². The first-order valence-electron chi connectivity index (χ1n) is 8.13. The Kier molecular flexibility index (Phi) is 6.77. The predicted molar refractivity (Wildman–Crippen MR) is 94.1 cm³/mol. The number of hydrogen-bond donors (Lipinski definition) is 2. The van der Waals surface area contributed by atoms with E-state index >= 15 is 0 Å². The van der Waals surface area contributed by atoms with E-state index < -0.39 is 6.10 Å². The minimum absolute atomic E-state index is 0.188. The molecule has 5 nitrogen and oxygen atoms in total. The first-order chi connectivity index (χ1) is 11.9. The van der Waals surface area contributed by atoms with E-state index in [1.54, 1.807) is 43.1 Å². The van der Waals surface area contributed by atoms with Crippen LogP contribution < -0.4 is 10.1 Å². The van der Waals surface area contributed by atoms with Crippen LogP contribution >= 0.6 is 0 Å². The normalized spacial score (nSPS) is 11.7. The fraction of sp³-hybridized carbons (Fsp3) is 0.316. The van der Waals surface area contributed by atoms with Crippen LogP contribution in [0.5, 0.6) is 11.5 Å². The van der Waals surface area contributed by atoms with Gasteiger partial charge in [-0.3, -0.25) is 0 Å². The number of urea groups is 1. The zero-order chi connectivity index (χ0) is 18.2. The summed E-state index contributed by atoms with van der Waals surface area (Å²) in [6, 6.07) is 12.9. The topological polar surface area (TPSA) is 61.8 Å². The molecule has 0 aliphatic heterocycles. The number of carbonyl (C=O) groups excluding carboxylic acids is 1. The summed E-state index contributed by atoms with van der Waals surface area (Å²) >= 11 is 0. The number of hydrogen-bond acceptors (Lipinski definition) is 3. The van der Waals surface area contributed by atoms with Gasteiger partial charge in [-0.25, -0.2) is 9.18 Å². The van der Waals surface area contributed by atoms with Crippen molar-refractivity contribution in [3.05, 3.63) is 59.9 Å². The summed E-state index contributed by atoms with van der Waals surface area (Å²) in [6.07, 6.45) is 0.114. The van der Waals surface area contributed by atoms with Crippen molar-refractivity contribution in [2.45, 2.75) is 26.0 Å². The van der Waals surface area contributed by atoms with Crippen LogP contribution in [0.15, 0.2) is 48.5 Å². The van der Waals surface area contributed by atoms with E-state index in [1.165, 1.54) is 12.1 Å². The summed E-state index contributed by atoms with van der Waals surface area (Å²) in [5, 5.41) is 12.1. The molecule has 0 bridgehead atoms. The van der Waals surface area contributed by atoms with E-state index in [0.29, 0.717) is 31.0 Å². The minimum Gasteiger partial charge on any atom is -0.457 e. The second kappa shape index (κ2) is 9.03. The molecular weight excluding hydrogens is 323 g/mol. The van der Waals surface area contributed by atoms with E-state index in [2.05, 4.69) is 5.32 Å². The predicted octanol–water partition coefficient (Wildman–Crippen LogP) is 3.53. The largest absolute Gasteiger partial charge is 0.457 e. The summed E-state index contributed by atoms with van der Waals surface area (Å²) in [5.41, 5.74) is 0.934. The van der Waals surface area contributed by atoms with Crippen molar-refractivity contribution in [3.8, 4) is 11.5 Å². The minimum atomic E-state index is -0.427. The highest BCUT2D eigenvalue weighted by Crippen LogP contribution is 2.21. The van der Waals surface area contributed by atoms with Gasteiger partial charge in [-0.05, 0) is 55.3 Å². The van der Waals surface area contributed by atoms with Crippen LogP contribution in [0.2, 0.25) is 0 Å². The molecule has 6 heteroatoms. The van der Waals surface area contributed by atoms with Gasteiger partial charge < -0.3 is 20.1 Å². The second-order valence-corrected chi connectivity index (χ2v) is 5.92. The molecule has 0 fully saturated rings. The summed E-state index contributed by atoms with van der Waals surface area (Å²) in [7, 11) is 1.69. The van der Waals surface area contributed by atoms with Crippen molar-refractivity contribution < 1.29 is 19.0 Å². The lowest BCUT2D eigenvalue weighted by atomic mass is 10.2. The molecule has 0 radical (unpaired) electrons. The molecule has 0 saturated heterocycles. The Hall–Kier alpha value is -2.60. The van der Waals surface area contributed by atoms with Gasteiger partial charge in [-0.1, -0.05) is 12.1 Å². The number of amides is 2. The third-order valence-corrected chi connectivity index (χ3v) is 3.65. The zero-order valence-electron chi connectivity index (χ0n) is 14.4. The number of aliphatic hydroxyl groups excluding tert-OH is 1. The maximum atomic E-state index is 12.9. The molecule has 2 aromatic rings. The molecule has 0 aliphatic carbocycles. The molecule has 0 spiro atoms. The van der Waals surface area contributed by atoms with Gasteiger partial charge in [-0.15, -0.1) is 0 Å². The number of aliphatic hydroxyl groups is 1. The molecule has 2 aromatic carbocycles. The number of rotatable bonds is 7. The SMILES string of the molecule is CC(O)CCN(C)C(=O)NCc1ccc(Oc2ccc(F)cc2)cc1. The zero-order valence-corrected chi connectivity index (χ0v) is 14.4. The standard InChI is InChI=1S/C19H23FN2O3/c1-14(23)11-12-22(2)19(24)21-13-15-3-7-17(8-4-15)25-18-9-5-16(20)6-10-18/h3-10,14,23H,11-13H2,1-2H3,(H,21,24). The van der Waals surface area contributed by atoms with Gasteiger partial charge in [0.05, 0.1) is 6.10 Å². The number of halogens is 1. The molecule has 25 heavy (non-hydrogen) atoms. The fourth-order valence-corrected chi connectivity index (χ4v) is 2.11. The summed E-state index contributed by atoms with van der Waals surface area (Å²) < 4.78 is 18.5. The quantitative estimate of drug-likeness (QED) is 0.806. The average molecular weight is 346 g/mol. The molecule has 2 N–H and O–H groups in total. The highest BCUT2D eigenvalue weighted by atomic mass is 19.1. The Balaban J connectivity index is 1.81.